The van der Waals surface area contributed by atoms with Crippen LogP contribution in [0.3, 0.4) is 0 Å². The first-order chi connectivity index (χ1) is 19.5. The molecule has 0 saturated carbocycles. The van der Waals surface area contributed by atoms with Crippen LogP contribution in [0.1, 0.15) is 15.9 Å². The van der Waals surface area contributed by atoms with Gasteiger partial charge in [-0.05, 0) is 34.5 Å². The Kier molecular flexibility index (Phi) is 6.45. The Morgan fingerprint density at radius 3 is 2.45 bits per heavy atom. The summed E-state index contributed by atoms with van der Waals surface area (Å²) in [4.78, 5) is 30.7. The van der Waals surface area contributed by atoms with E-state index in [4.69, 9.17) is 20.3 Å². The van der Waals surface area contributed by atoms with Crippen molar-refractivity contribution in [3.63, 3.8) is 0 Å². The normalized spacial score (nSPS) is 14.3. The molecule has 3 N–H and O–H groups in total. The van der Waals surface area contributed by atoms with Crippen LogP contribution in [0.15, 0.2) is 116 Å². The molecular weight excluding hydrogens is 506 g/mol. The van der Waals surface area contributed by atoms with E-state index in [1.165, 1.54) is 12.5 Å². The zero-order valence-electron chi connectivity index (χ0n) is 21.3. The molecule has 0 aliphatic carbocycles. The molecule has 0 fully saturated rings. The maximum Gasteiger partial charge on any atom is 0.352 e. The van der Waals surface area contributed by atoms with Crippen molar-refractivity contribution in [3.05, 3.63) is 127 Å². The maximum atomic E-state index is 13.7. The molecule has 1 aliphatic heterocycles. The number of benzene rings is 3. The minimum absolute atomic E-state index is 0.222. The molecule has 0 spiro atoms. The quantitative estimate of drug-likeness (QED) is 0.311. The van der Waals surface area contributed by atoms with Crippen molar-refractivity contribution >= 4 is 22.6 Å². The number of nitrogens with two attached hydrogens (primary N) is 1. The van der Waals surface area contributed by atoms with Crippen LogP contribution in [0.2, 0.25) is 0 Å². The van der Waals surface area contributed by atoms with E-state index in [-0.39, 0.29) is 12.0 Å². The van der Waals surface area contributed by atoms with Gasteiger partial charge in [-0.2, -0.15) is 5.10 Å². The number of carbonyl (C=O) groups is 2. The number of nitrogens with one attached hydrogen (secondary N) is 1. The molecule has 1 unspecified atom stereocenters. The van der Waals surface area contributed by atoms with Gasteiger partial charge in [0.15, 0.2) is 5.82 Å². The van der Waals surface area contributed by atoms with Gasteiger partial charge >= 0.3 is 11.7 Å². The summed E-state index contributed by atoms with van der Waals surface area (Å²) in [5.74, 6) is -2.94. The third-order valence-electron chi connectivity index (χ3n) is 6.83. The topological polar surface area (TPSA) is 121 Å². The van der Waals surface area contributed by atoms with Crippen LogP contribution in [0.25, 0.3) is 27.8 Å². The summed E-state index contributed by atoms with van der Waals surface area (Å²) in [6, 6.07) is 27.7. The van der Waals surface area contributed by atoms with Crippen LogP contribution in [0, 0.1) is 0 Å². The van der Waals surface area contributed by atoms with Crippen LogP contribution in [0.5, 0.6) is 0 Å². The third-order valence-corrected chi connectivity index (χ3v) is 6.83. The summed E-state index contributed by atoms with van der Waals surface area (Å²) in [6.07, 6.45) is 6.05. The van der Waals surface area contributed by atoms with Gasteiger partial charge in [0.05, 0.1) is 11.3 Å². The molecule has 2 amide bonds. The largest absolute Gasteiger partial charge is 0.447 e. The van der Waals surface area contributed by atoms with Crippen LogP contribution < -0.4 is 11.1 Å². The minimum atomic E-state index is -1.90. The lowest BCUT2D eigenvalue weighted by Gasteiger charge is -2.33. The average molecular weight is 532 g/mol. The smallest absolute Gasteiger partial charge is 0.352 e. The summed E-state index contributed by atoms with van der Waals surface area (Å²) in [5, 5.41) is 9.83. The number of amides is 2. The average Bonchev–Trinajstić information content (AvgIpc) is 3.69. The molecule has 0 bridgehead atoms. The van der Waals surface area contributed by atoms with E-state index < -0.39 is 23.6 Å². The fraction of sp³-hybridized carbons (Fsp3) is 0.0968. The molecule has 2 aromatic heterocycles. The molecule has 9 nitrogen and oxygen atoms in total. The summed E-state index contributed by atoms with van der Waals surface area (Å²) in [6.45, 7) is 0. The number of pyridine rings is 1. The molecule has 0 radical (unpaired) electrons. The SMILES string of the molecule is NC(=O)C1(C(Cc2ccccc2)NC(=O)c2cccnc2-n2ccc(-c3cccc4ccccc34)n2)OC=CO1. The Morgan fingerprint density at radius 1 is 0.900 bits per heavy atom. The van der Waals surface area contributed by atoms with Gasteiger partial charge in [-0.3, -0.25) is 9.59 Å². The lowest BCUT2D eigenvalue weighted by atomic mass is 9.97. The number of hydrogen-bond acceptors (Lipinski definition) is 6. The Morgan fingerprint density at radius 2 is 1.65 bits per heavy atom. The van der Waals surface area contributed by atoms with Crippen LogP contribution >= 0.6 is 0 Å². The maximum absolute atomic E-state index is 13.7. The monoisotopic (exact) mass is 531 g/mol. The molecular formula is C31H25N5O4. The molecule has 40 heavy (non-hydrogen) atoms. The van der Waals surface area contributed by atoms with Gasteiger partial charge in [0.2, 0.25) is 0 Å². The van der Waals surface area contributed by atoms with Crippen molar-refractivity contribution in [1.29, 1.82) is 0 Å². The highest BCUT2D eigenvalue weighted by atomic mass is 16.7. The first kappa shape index (κ1) is 24.9. The van der Waals surface area contributed by atoms with E-state index in [2.05, 4.69) is 22.4 Å². The molecule has 1 atom stereocenters. The van der Waals surface area contributed by atoms with Gasteiger partial charge in [-0.25, -0.2) is 9.67 Å². The highest BCUT2D eigenvalue weighted by Crippen LogP contribution is 2.29. The number of nitrogens with zero attached hydrogens (tertiary/aromatic N) is 3. The molecule has 9 heteroatoms. The molecule has 6 rings (SSSR count). The second kappa shape index (κ2) is 10.4. The predicted molar refractivity (Wildman–Crippen MR) is 149 cm³/mol. The van der Waals surface area contributed by atoms with E-state index in [0.717, 1.165) is 27.6 Å². The lowest BCUT2D eigenvalue weighted by molar-refractivity contribution is -0.182. The fourth-order valence-electron chi connectivity index (χ4n) is 4.89. The first-order valence-corrected chi connectivity index (χ1v) is 12.7. The molecule has 198 valence electrons. The van der Waals surface area contributed by atoms with Crippen LogP contribution in [-0.4, -0.2) is 38.4 Å². The van der Waals surface area contributed by atoms with Gasteiger partial charge in [0, 0.05) is 24.4 Å². The summed E-state index contributed by atoms with van der Waals surface area (Å²) in [5.41, 5.74) is 8.52. The van der Waals surface area contributed by atoms with Crippen molar-refractivity contribution in [3.8, 4) is 17.1 Å². The molecule has 1 aliphatic rings. The third kappa shape index (κ3) is 4.54. The van der Waals surface area contributed by atoms with E-state index >= 15 is 0 Å². The number of fused-ring (bicyclic) bond motifs is 1. The standard InChI is InChI=1S/C31H25N5O4/c32-30(38)31(39-18-19-40-31)27(20-21-8-2-1-3-9-21)34-29(37)25-14-7-16-33-28(25)36-17-15-26(35-36)24-13-6-11-22-10-4-5-12-23(22)24/h1-19,27H,20H2,(H2,32,38)(H,34,37). The van der Waals surface area contributed by atoms with Crippen molar-refractivity contribution in [1.82, 2.24) is 20.1 Å². The Balaban J connectivity index is 1.33. The van der Waals surface area contributed by atoms with Gasteiger partial charge in [-0.1, -0.05) is 72.8 Å². The van der Waals surface area contributed by atoms with Crippen molar-refractivity contribution in [2.75, 3.05) is 0 Å². The molecule has 0 saturated heterocycles. The Bertz CT molecular complexity index is 1720. The highest BCUT2D eigenvalue weighted by Gasteiger charge is 2.51. The molecule has 3 heterocycles. The first-order valence-electron chi connectivity index (χ1n) is 12.7. The van der Waals surface area contributed by atoms with Gasteiger partial charge in [-0.15, -0.1) is 0 Å². The fourth-order valence-corrected chi connectivity index (χ4v) is 4.89. The van der Waals surface area contributed by atoms with E-state index in [1.807, 2.05) is 66.7 Å². The van der Waals surface area contributed by atoms with Gasteiger partial charge in [0.1, 0.15) is 18.6 Å². The van der Waals surface area contributed by atoms with Crippen LogP contribution in [0.4, 0.5) is 0 Å². The van der Waals surface area contributed by atoms with Gasteiger partial charge < -0.3 is 20.5 Å². The number of aromatic nitrogens is 3. The number of ether oxygens (including phenoxy) is 2. The molecule has 3 aromatic carbocycles. The number of rotatable bonds is 8. The predicted octanol–water partition coefficient (Wildman–Crippen LogP) is 4.13. The van der Waals surface area contributed by atoms with E-state index in [0.29, 0.717) is 5.82 Å². The molecule has 5 aromatic rings. The zero-order chi connectivity index (χ0) is 27.5. The summed E-state index contributed by atoms with van der Waals surface area (Å²) >= 11 is 0. The second-order valence-corrected chi connectivity index (χ2v) is 9.30. The number of carbonyl (C=O) groups excluding carboxylic acids is 2. The second-order valence-electron chi connectivity index (χ2n) is 9.30. The van der Waals surface area contributed by atoms with Crippen molar-refractivity contribution < 1.29 is 19.1 Å². The Hall–Kier alpha value is -5.44. The van der Waals surface area contributed by atoms with E-state index in [9.17, 15) is 9.59 Å². The van der Waals surface area contributed by atoms with Crippen molar-refractivity contribution in [2.24, 2.45) is 5.73 Å². The number of hydrogen-bond donors (Lipinski definition) is 2. The van der Waals surface area contributed by atoms with Crippen LogP contribution in [-0.2, 0) is 20.7 Å². The number of primary amides is 1. The summed E-state index contributed by atoms with van der Waals surface area (Å²) in [7, 11) is 0. The van der Waals surface area contributed by atoms with Crippen molar-refractivity contribution in [2.45, 2.75) is 18.2 Å². The van der Waals surface area contributed by atoms with Gasteiger partial charge in [0.25, 0.3) is 5.91 Å². The zero-order valence-corrected chi connectivity index (χ0v) is 21.3. The summed E-state index contributed by atoms with van der Waals surface area (Å²) < 4.78 is 12.7. The van der Waals surface area contributed by atoms with E-state index in [1.54, 1.807) is 29.2 Å². The minimum Gasteiger partial charge on any atom is -0.447 e. The highest BCUT2D eigenvalue weighted by molar-refractivity contribution is 5.98. The lowest BCUT2D eigenvalue weighted by Crippen LogP contribution is -2.61. The Labute approximate surface area is 229 Å².